The van der Waals surface area contributed by atoms with Crippen LogP contribution in [0.15, 0.2) is 30.3 Å². The van der Waals surface area contributed by atoms with Crippen molar-refractivity contribution in [3.05, 3.63) is 35.9 Å². The summed E-state index contributed by atoms with van der Waals surface area (Å²) >= 11 is 0. The molecule has 1 saturated heterocycles. The minimum atomic E-state index is 0.0507. The number of nitrogens with two attached hydrogens (primary N) is 1. The highest BCUT2D eigenvalue weighted by Crippen LogP contribution is 2.18. The summed E-state index contributed by atoms with van der Waals surface area (Å²) in [4.78, 5) is 11.9. The molecule has 0 bridgehead atoms. The first kappa shape index (κ1) is 14.0. The van der Waals surface area contributed by atoms with E-state index >= 15 is 0 Å². The van der Waals surface area contributed by atoms with Crippen LogP contribution >= 0.6 is 0 Å². The van der Waals surface area contributed by atoms with Crippen LogP contribution in [0.3, 0.4) is 0 Å². The van der Waals surface area contributed by atoms with Crippen molar-refractivity contribution < 1.29 is 9.53 Å². The number of hydrogen-bond acceptors (Lipinski definition) is 3. The summed E-state index contributed by atoms with van der Waals surface area (Å²) in [6.45, 7) is 1.91. The number of carbonyl (C=O) groups excluding carboxylic acids is 1. The number of ether oxygens (including phenoxy) is 1. The molecule has 1 aromatic rings. The van der Waals surface area contributed by atoms with Crippen LogP contribution in [-0.4, -0.2) is 31.7 Å². The Morgan fingerprint density at radius 3 is 2.84 bits per heavy atom. The van der Waals surface area contributed by atoms with Crippen molar-refractivity contribution in [2.24, 2.45) is 5.73 Å². The third-order valence-electron chi connectivity index (χ3n) is 3.54. The molecule has 1 aromatic carbocycles. The van der Waals surface area contributed by atoms with Gasteiger partial charge in [-0.25, -0.2) is 0 Å². The van der Waals surface area contributed by atoms with Crippen molar-refractivity contribution in [2.75, 3.05) is 19.7 Å². The lowest BCUT2D eigenvalue weighted by molar-refractivity contribution is -0.121. The Hall–Kier alpha value is -1.39. The van der Waals surface area contributed by atoms with E-state index in [-0.39, 0.29) is 17.9 Å². The summed E-state index contributed by atoms with van der Waals surface area (Å²) in [6, 6.07) is 9.95. The minimum absolute atomic E-state index is 0.0507. The van der Waals surface area contributed by atoms with Gasteiger partial charge >= 0.3 is 0 Å². The molecule has 104 valence electrons. The first-order valence-electron chi connectivity index (χ1n) is 6.93. The monoisotopic (exact) mass is 262 g/mol. The second-order valence-electron chi connectivity index (χ2n) is 4.99. The predicted molar refractivity (Wildman–Crippen MR) is 74.8 cm³/mol. The molecule has 0 saturated carbocycles. The van der Waals surface area contributed by atoms with Gasteiger partial charge < -0.3 is 15.8 Å². The Morgan fingerprint density at radius 2 is 2.21 bits per heavy atom. The van der Waals surface area contributed by atoms with Gasteiger partial charge in [-0.3, -0.25) is 4.79 Å². The van der Waals surface area contributed by atoms with Crippen LogP contribution in [0.2, 0.25) is 0 Å². The van der Waals surface area contributed by atoms with Gasteiger partial charge in [-0.05, 0) is 24.9 Å². The first-order chi connectivity index (χ1) is 9.29. The highest BCUT2D eigenvalue weighted by atomic mass is 16.5. The highest BCUT2D eigenvalue weighted by molar-refractivity contribution is 5.76. The summed E-state index contributed by atoms with van der Waals surface area (Å²) in [5, 5.41) is 2.94. The number of hydrogen-bond donors (Lipinski definition) is 2. The molecule has 4 nitrogen and oxygen atoms in total. The zero-order chi connectivity index (χ0) is 13.5. The Balaban J connectivity index is 1.79. The molecular weight excluding hydrogens is 240 g/mol. The summed E-state index contributed by atoms with van der Waals surface area (Å²) < 4.78 is 5.48. The smallest absolute Gasteiger partial charge is 0.220 e. The summed E-state index contributed by atoms with van der Waals surface area (Å²) in [5.41, 5.74) is 6.89. The third kappa shape index (κ3) is 4.33. The fourth-order valence-electron chi connectivity index (χ4n) is 2.39. The van der Waals surface area contributed by atoms with Crippen molar-refractivity contribution in [2.45, 2.75) is 31.3 Å². The Kier molecular flexibility index (Phi) is 5.36. The SMILES string of the molecule is NCC(CC(=O)NCC1CCCO1)c1ccccc1. The molecule has 0 aliphatic carbocycles. The van der Waals surface area contributed by atoms with Crippen LogP contribution in [0.1, 0.15) is 30.7 Å². The Morgan fingerprint density at radius 1 is 1.42 bits per heavy atom. The topological polar surface area (TPSA) is 64.4 Å². The zero-order valence-electron chi connectivity index (χ0n) is 11.2. The molecule has 19 heavy (non-hydrogen) atoms. The number of benzene rings is 1. The fraction of sp³-hybridized carbons (Fsp3) is 0.533. The van der Waals surface area contributed by atoms with Gasteiger partial charge in [-0.1, -0.05) is 30.3 Å². The lowest BCUT2D eigenvalue weighted by Crippen LogP contribution is -2.33. The van der Waals surface area contributed by atoms with Crippen LogP contribution < -0.4 is 11.1 Å². The zero-order valence-corrected chi connectivity index (χ0v) is 11.2. The molecule has 2 rings (SSSR count). The first-order valence-corrected chi connectivity index (χ1v) is 6.93. The van der Waals surface area contributed by atoms with Crippen LogP contribution in [0, 0.1) is 0 Å². The molecule has 1 heterocycles. The van der Waals surface area contributed by atoms with Gasteiger partial charge in [0.05, 0.1) is 6.10 Å². The summed E-state index contributed by atoms with van der Waals surface area (Å²) in [6.07, 6.45) is 2.76. The van der Waals surface area contributed by atoms with Crippen molar-refractivity contribution in [3.63, 3.8) is 0 Å². The highest BCUT2D eigenvalue weighted by Gasteiger charge is 2.18. The van der Waals surface area contributed by atoms with Crippen LogP contribution in [0.25, 0.3) is 0 Å². The van der Waals surface area contributed by atoms with E-state index in [0.29, 0.717) is 19.5 Å². The Labute approximate surface area is 114 Å². The maximum absolute atomic E-state index is 11.9. The Bertz CT molecular complexity index is 388. The lowest BCUT2D eigenvalue weighted by Gasteiger charge is -2.16. The van der Waals surface area contributed by atoms with Gasteiger partial charge in [-0.2, -0.15) is 0 Å². The molecule has 1 amide bonds. The number of amides is 1. The molecule has 1 fully saturated rings. The standard InChI is InChI=1S/C15H22N2O2/c16-10-13(12-5-2-1-3-6-12)9-15(18)17-11-14-7-4-8-19-14/h1-3,5-6,13-14H,4,7-11,16H2,(H,17,18). The number of carbonyl (C=O) groups is 1. The van der Waals surface area contributed by atoms with E-state index in [1.165, 1.54) is 0 Å². The predicted octanol–water partition coefficient (Wildman–Crippen LogP) is 1.41. The number of nitrogens with one attached hydrogen (secondary N) is 1. The molecule has 1 aliphatic heterocycles. The van der Waals surface area contributed by atoms with E-state index in [9.17, 15) is 4.79 Å². The van der Waals surface area contributed by atoms with Crippen LogP contribution in [0.4, 0.5) is 0 Å². The normalized spacial score (nSPS) is 20.2. The average molecular weight is 262 g/mol. The molecule has 0 spiro atoms. The van der Waals surface area contributed by atoms with Gasteiger partial charge in [0, 0.05) is 25.5 Å². The largest absolute Gasteiger partial charge is 0.376 e. The second-order valence-corrected chi connectivity index (χ2v) is 4.99. The van der Waals surface area contributed by atoms with Gasteiger partial charge in [0.15, 0.2) is 0 Å². The van der Waals surface area contributed by atoms with Crippen molar-refractivity contribution >= 4 is 5.91 Å². The van der Waals surface area contributed by atoms with Gasteiger partial charge in [-0.15, -0.1) is 0 Å². The molecule has 2 atom stereocenters. The molecule has 3 N–H and O–H groups in total. The quantitative estimate of drug-likeness (QED) is 0.815. The maximum atomic E-state index is 11.9. The van der Waals surface area contributed by atoms with Gasteiger partial charge in [0.1, 0.15) is 0 Å². The van der Waals surface area contributed by atoms with Crippen LogP contribution in [-0.2, 0) is 9.53 Å². The van der Waals surface area contributed by atoms with E-state index in [0.717, 1.165) is 25.0 Å². The average Bonchev–Trinajstić information content (AvgIpc) is 2.97. The van der Waals surface area contributed by atoms with E-state index in [2.05, 4.69) is 5.32 Å². The van der Waals surface area contributed by atoms with Gasteiger partial charge in [0.25, 0.3) is 0 Å². The summed E-state index contributed by atoms with van der Waals surface area (Å²) in [7, 11) is 0. The lowest BCUT2D eigenvalue weighted by atomic mass is 9.95. The molecule has 2 unspecified atom stereocenters. The number of rotatable bonds is 6. The molecule has 4 heteroatoms. The van der Waals surface area contributed by atoms with E-state index < -0.39 is 0 Å². The fourth-order valence-corrected chi connectivity index (χ4v) is 2.39. The maximum Gasteiger partial charge on any atom is 0.220 e. The molecule has 1 aliphatic rings. The minimum Gasteiger partial charge on any atom is -0.376 e. The van der Waals surface area contributed by atoms with Gasteiger partial charge in [0.2, 0.25) is 5.91 Å². The van der Waals surface area contributed by atoms with Crippen molar-refractivity contribution in [1.82, 2.24) is 5.32 Å². The third-order valence-corrected chi connectivity index (χ3v) is 3.54. The van der Waals surface area contributed by atoms with E-state index in [1.54, 1.807) is 0 Å². The van der Waals surface area contributed by atoms with Crippen molar-refractivity contribution in [1.29, 1.82) is 0 Å². The van der Waals surface area contributed by atoms with E-state index in [1.807, 2.05) is 30.3 Å². The van der Waals surface area contributed by atoms with E-state index in [4.69, 9.17) is 10.5 Å². The molecule has 0 radical (unpaired) electrons. The van der Waals surface area contributed by atoms with Crippen molar-refractivity contribution in [3.8, 4) is 0 Å². The van der Waals surface area contributed by atoms with Crippen LogP contribution in [0.5, 0.6) is 0 Å². The molecular formula is C15H22N2O2. The second kappa shape index (κ2) is 7.26. The molecule has 0 aromatic heterocycles. The summed E-state index contributed by atoms with van der Waals surface area (Å²) in [5.74, 6) is 0.139.